The van der Waals surface area contributed by atoms with Crippen LogP contribution in [0.25, 0.3) is 21.9 Å². The molecule has 0 saturated heterocycles. The Hall–Kier alpha value is -5.22. The van der Waals surface area contributed by atoms with Crippen LogP contribution in [0.5, 0.6) is 0 Å². The van der Waals surface area contributed by atoms with E-state index in [1.165, 1.54) is 140 Å². The number of aryl methyl sites for hydroxylation is 2. The second-order valence-electron chi connectivity index (χ2n) is 21.1. The third-order valence-corrected chi connectivity index (χ3v) is 15.3. The monoisotopic (exact) mass is 786 g/mol. The summed E-state index contributed by atoms with van der Waals surface area (Å²) in [7, 11) is 0. The van der Waals surface area contributed by atoms with Crippen LogP contribution in [-0.2, 0) is 16.2 Å². The van der Waals surface area contributed by atoms with Crippen LogP contribution in [0.2, 0.25) is 0 Å². The van der Waals surface area contributed by atoms with E-state index < -0.39 is 0 Å². The minimum absolute atomic E-state index is 0.0264. The zero-order valence-electron chi connectivity index (χ0n) is 37.2. The first-order valence-corrected chi connectivity index (χ1v) is 22.8. The molecule has 2 aliphatic carbocycles. The summed E-state index contributed by atoms with van der Waals surface area (Å²) < 4.78 is 7.13. The molecular weight excluding hydrogens is 727 g/mol. The van der Waals surface area contributed by atoms with Crippen LogP contribution in [0.4, 0.5) is 34.1 Å². The minimum atomic E-state index is -0.0264. The highest BCUT2D eigenvalue weighted by atomic mass is 16.3. The Kier molecular flexibility index (Phi) is 8.27. The molecule has 0 radical (unpaired) electrons. The van der Waals surface area contributed by atoms with Gasteiger partial charge in [-0.15, -0.1) is 0 Å². The smallest absolute Gasteiger partial charge is 0.257 e. The molecule has 7 aromatic rings. The Labute approximate surface area is 357 Å². The van der Waals surface area contributed by atoms with Gasteiger partial charge in [0.25, 0.3) is 6.71 Å². The van der Waals surface area contributed by atoms with Crippen molar-refractivity contribution in [2.45, 2.75) is 129 Å². The molecule has 1 fully saturated rings. The molecule has 4 heteroatoms. The summed E-state index contributed by atoms with van der Waals surface area (Å²) in [6.45, 7) is 21.5. The van der Waals surface area contributed by atoms with Crippen LogP contribution >= 0.6 is 0 Å². The average molecular weight is 787 g/mol. The SMILES string of the molecule is Cc1cc(C(C)(C)C)ccc1N1c2cc3c(cc2B2c4c1cc(C1CCCCC1)cc4N(c1ccccc1C)c1ccc4c(oc5ccccc54)c12)C(C)(C)CCC3(C)C. The number of anilines is 6. The van der Waals surface area contributed by atoms with E-state index in [0.717, 1.165) is 11.2 Å². The van der Waals surface area contributed by atoms with Crippen LogP contribution in [0.3, 0.4) is 0 Å². The Balaban J connectivity index is 1.32. The Morgan fingerprint density at radius 1 is 0.583 bits per heavy atom. The van der Waals surface area contributed by atoms with E-state index in [1.54, 1.807) is 0 Å². The Morgan fingerprint density at radius 2 is 1.22 bits per heavy atom. The maximum Gasteiger partial charge on any atom is 0.257 e. The minimum Gasteiger partial charge on any atom is -0.457 e. The second-order valence-corrected chi connectivity index (χ2v) is 21.1. The summed E-state index contributed by atoms with van der Waals surface area (Å²) in [6, 6.07) is 40.2. The predicted molar refractivity (Wildman–Crippen MR) is 257 cm³/mol. The van der Waals surface area contributed by atoms with Crippen molar-refractivity contribution in [3.8, 4) is 0 Å². The standard InChI is InChI=1S/C56H59BN2O/c1-34-17-13-15-21-44(34)58-46-26-24-40-39-20-14-16-22-50(39)60-53(40)52(46)57-43-32-41-42(56(8,9)28-27-55(41,6)7)33-47(43)59(45-25-23-38(29-35(45)2)54(3,4)5)49-31-37(30-48(58)51(49)57)36-18-11-10-12-19-36/h13-17,20-26,29-33,36H,10-12,18-19,27-28H2,1-9H3. The summed E-state index contributed by atoms with van der Waals surface area (Å²) in [6.07, 6.45) is 8.77. The highest BCUT2D eigenvalue weighted by molar-refractivity contribution is 7.01. The quantitative estimate of drug-likeness (QED) is 0.166. The van der Waals surface area contributed by atoms with Crippen molar-refractivity contribution < 1.29 is 4.42 Å². The summed E-state index contributed by atoms with van der Waals surface area (Å²) >= 11 is 0. The summed E-state index contributed by atoms with van der Waals surface area (Å²) in [5.74, 6) is 0.535. The van der Waals surface area contributed by atoms with Gasteiger partial charge in [-0.3, -0.25) is 0 Å². The molecule has 3 heterocycles. The van der Waals surface area contributed by atoms with Gasteiger partial charge in [0.1, 0.15) is 11.2 Å². The zero-order valence-corrected chi connectivity index (χ0v) is 37.2. The molecule has 0 spiro atoms. The predicted octanol–water partition coefficient (Wildman–Crippen LogP) is 14.0. The maximum absolute atomic E-state index is 7.13. The van der Waals surface area contributed by atoms with Crippen LogP contribution in [0.1, 0.15) is 133 Å². The van der Waals surface area contributed by atoms with E-state index in [2.05, 4.69) is 175 Å². The van der Waals surface area contributed by atoms with Gasteiger partial charge in [-0.1, -0.05) is 122 Å². The molecule has 6 aromatic carbocycles. The highest BCUT2D eigenvalue weighted by Crippen LogP contribution is 2.52. The van der Waals surface area contributed by atoms with Crippen molar-refractivity contribution in [2.75, 3.05) is 9.80 Å². The van der Waals surface area contributed by atoms with Crippen LogP contribution in [0.15, 0.2) is 108 Å². The lowest BCUT2D eigenvalue weighted by Crippen LogP contribution is -2.62. The lowest BCUT2D eigenvalue weighted by Gasteiger charge is -2.48. The number of nitrogens with zero attached hydrogens (tertiary/aromatic N) is 2. The molecule has 0 unspecified atom stereocenters. The van der Waals surface area contributed by atoms with Crippen molar-refractivity contribution in [3.05, 3.63) is 137 Å². The van der Waals surface area contributed by atoms with Gasteiger partial charge in [-0.05, 0) is 160 Å². The third-order valence-electron chi connectivity index (χ3n) is 15.3. The molecular formula is C56H59BN2O. The lowest BCUT2D eigenvalue weighted by atomic mass is 9.32. The molecule has 1 aromatic heterocycles. The number of hydrogen-bond donors (Lipinski definition) is 0. The van der Waals surface area contributed by atoms with Crippen molar-refractivity contribution in [1.29, 1.82) is 0 Å². The molecule has 11 rings (SSSR count). The molecule has 2 aliphatic heterocycles. The highest BCUT2D eigenvalue weighted by Gasteiger charge is 2.48. The molecule has 1 saturated carbocycles. The van der Waals surface area contributed by atoms with E-state index in [1.807, 2.05) is 0 Å². The van der Waals surface area contributed by atoms with Crippen LogP contribution < -0.4 is 26.2 Å². The van der Waals surface area contributed by atoms with Gasteiger partial charge in [0.2, 0.25) is 0 Å². The molecule has 0 atom stereocenters. The zero-order chi connectivity index (χ0) is 41.5. The van der Waals surface area contributed by atoms with E-state index >= 15 is 0 Å². The summed E-state index contributed by atoms with van der Waals surface area (Å²) in [5.41, 5.74) is 22.3. The van der Waals surface area contributed by atoms with E-state index in [-0.39, 0.29) is 23.0 Å². The van der Waals surface area contributed by atoms with E-state index in [4.69, 9.17) is 4.42 Å². The number of benzene rings is 6. The van der Waals surface area contributed by atoms with E-state index in [9.17, 15) is 0 Å². The summed E-state index contributed by atoms with van der Waals surface area (Å²) in [5, 5.41) is 2.37. The first-order chi connectivity index (χ1) is 28.7. The van der Waals surface area contributed by atoms with Crippen molar-refractivity contribution in [3.63, 3.8) is 0 Å². The first kappa shape index (κ1) is 37.8. The second kappa shape index (κ2) is 13.1. The lowest BCUT2D eigenvalue weighted by molar-refractivity contribution is 0.332. The molecule has 3 nitrogen and oxygen atoms in total. The van der Waals surface area contributed by atoms with Gasteiger partial charge < -0.3 is 14.2 Å². The fraction of sp³-hybridized carbons (Fsp3) is 0.357. The van der Waals surface area contributed by atoms with Crippen molar-refractivity contribution in [2.24, 2.45) is 0 Å². The van der Waals surface area contributed by atoms with Crippen molar-refractivity contribution in [1.82, 2.24) is 0 Å². The molecule has 60 heavy (non-hydrogen) atoms. The normalized spacial score (nSPS) is 18.1. The molecule has 4 aliphatic rings. The van der Waals surface area contributed by atoms with Gasteiger partial charge in [0.05, 0.1) is 0 Å². The largest absolute Gasteiger partial charge is 0.457 e. The molecule has 0 amide bonds. The van der Waals surface area contributed by atoms with Crippen molar-refractivity contribution >= 4 is 79.2 Å². The fourth-order valence-electron chi connectivity index (χ4n) is 11.7. The number of furan rings is 1. The number of hydrogen-bond acceptors (Lipinski definition) is 3. The molecule has 0 bridgehead atoms. The Morgan fingerprint density at radius 3 is 1.92 bits per heavy atom. The number of para-hydroxylation sites is 2. The fourth-order valence-corrected chi connectivity index (χ4v) is 11.7. The van der Waals surface area contributed by atoms with Gasteiger partial charge in [-0.2, -0.15) is 0 Å². The van der Waals surface area contributed by atoms with Crippen LogP contribution in [-0.4, -0.2) is 6.71 Å². The molecule has 302 valence electrons. The van der Waals surface area contributed by atoms with Gasteiger partial charge in [-0.25, -0.2) is 0 Å². The van der Waals surface area contributed by atoms with Crippen LogP contribution in [0, 0.1) is 13.8 Å². The van der Waals surface area contributed by atoms with Gasteiger partial charge >= 0.3 is 0 Å². The van der Waals surface area contributed by atoms with Gasteiger partial charge in [0, 0.05) is 44.9 Å². The maximum atomic E-state index is 7.13. The summed E-state index contributed by atoms with van der Waals surface area (Å²) in [4.78, 5) is 5.32. The van der Waals surface area contributed by atoms with E-state index in [0.29, 0.717) is 5.92 Å². The number of fused-ring (bicyclic) bond motifs is 9. The topological polar surface area (TPSA) is 19.6 Å². The Bertz CT molecular complexity index is 2900. The van der Waals surface area contributed by atoms with Gasteiger partial charge in [0.15, 0.2) is 0 Å². The number of rotatable bonds is 3. The average Bonchev–Trinajstić information content (AvgIpc) is 3.61. The molecule has 0 N–H and O–H groups in total. The first-order valence-electron chi connectivity index (χ1n) is 22.8. The third kappa shape index (κ3) is 5.54.